The van der Waals surface area contributed by atoms with Crippen molar-refractivity contribution in [1.82, 2.24) is 14.8 Å². The summed E-state index contributed by atoms with van der Waals surface area (Å²) < 4.78 is 45.8. The molecule has 2 amide bonds. The highest BCUT2D eigenvalue weighted by Crippen LogP contribution is 2.37. The molecule has 0 aliphatic rings. The fourth-order valence-electron chi connectivity index (χ4n) is 3.26. The molecule has 14 heteroatoms. The number of primary amides is 1. The third-order valence-electron chi connectivity index (χ3n) is 4.77. The molecule has 2 aromatic carbocycles. The third-order valence-corrected chi connectivity index (χ3v) is 6.37. The molecule has 36 heavy (non-hydrogen) atoms. The number of fused-ring (bicyclic) bond motifs is 1. The molecule has 0 saturated carbocycles. The van der Waals surface area contributed by atoms with Crippen molar-refractivity contribution in [1.29, 1.82) is 0 Å². The van der Waals surface area contributed by atoms with Gasteiger partial charge in [-0.05, 0) is 57.0 Å². The average molecular weight is 648 g/mol. The fraction of sp³-hybridized carbons (Fsp3) is 0.0909. The second-order valence-corrected chi connectivity index (χ2v) is 9.40. The van der Waals surface area contributed by atoms with Crippen LogP contribution in [-0.2, 0) is 0 Å². The number of pyridine rings is 1. The number of hydrogen-bond acceptors (Lipinski definition) is 5. The van der Waals surface area contributed by atoms with Crippen LogP contribution in [0, 0.1) is 0 Å². The fourth-order valence-corrected chi connectivity index (χ4v) is 4.55. The molecule has 0 unspecified atom stereocenters. The molecule has 0 aliphatic carbocycles. The van der Waals surface area contributed by atoms with Gasteiger partial charge in [0.05, 0.1) is 20.7 Å². The first kappa shape index (κ1) is 25.9. The van der Waals surface area contributed by atoms with Gasteiger partial charge in [-0.2, -0.15) is 23.0 Å². The van der Waals surface area contributed by atoms with Crippen molar-refractivity contribution >= 4 is 71.9 Å². The molecule has 0 bridgehead atoms. The van der Waals surface area contributed by atoms with Crippen LogP contribution in [0.4, 0.5) is 19.0 Å². The number of carbonyl (C=O) groups excluding carboxylic acids is 2. The van der Waals surface area contributed by atoms with Gasteiger partial charge in [0.2, 0.25) is 5.88 Å². The number of halogens is 6. The van der Waals surface area contributed by atoms with Crippen molar-refractivity contribution in [2.75, 3.05) is 11.9 Å². The second kappa shape index (κ2) is 10.1. The molecule has 0 radical (unpaired) electrons. The van der Waals surface area contributed by atoms with Crippen molar-refractivity contribution in [2.45, 2.75) is 6.18 Å². The van der Waals surface area contributed by atoms with Gasteiger partial charge in [0.15, 0.2) is 18.1 Å². The first-order chi connectivity index (χ1) is 16.9. The molecule has 186 valence electrons. The average Bonchev–Trinajstić information content (AvgIpc) is 3.22. The topological polar surface area (TPSA) is 112 Å². The van der Waals surface area contributed by atoms with Crippen LogP contribution >= 0.6 is 43.5 Å². The Hall–Kier alpha value is -3.16. The predicted octanol–water partition coefficient (Wildman–Crippen LogP) is 5.89. The molecule has 0 aliphatic heterocycles. The Morgan fingerprint density at radius 2 is 1.92 bits per heavy atom. The van der Waals surface area contributed by atoms with Crippen molar-refractivity contribution in [3.8, 4) is 11.6 Å². The highest BCUT2D eigenvalue weighted by molar-refractivity contribution is 9.11. The summed E-state index contributed by atoms with van der Waals surface area (Å²) in [5, 5.41) is 7.91. The first-order valence-corrected chi connectivity index (χ1v) is 11.8. The highest BCUT2D eigenvalue weighted by atomic mass is 79.9. The van der Waals surface area contributed by atoms with Gasteiger partial charge >= 0.3 is 6.18 Å². The Bertz CT molecular complexity index is 1510. The molecule has 0 saturated heterocycles. The standard InChI is InChI=1S/C22H13Br2ClF3N5O3/c23-11-3-4-12-10(6-11)7-13(19(29)34)18(17(12)24)33-16(36-9-22(26,27)28)8-15(32-33)21(35)31-20-14(25)2-1-5-30-20/h1-8H,9H2,(H2,29,34)(H,30,31,35). The molecule has 2 heterocycles. The summed E-state index contributed by atoms with van der Waals surface area (Å²) in [6, 6.07) is 10.7. The number of nitrogens with one attached hydrogen (secondary N) is 1. The Kier molecular flexibility index (Phi) is 7.25. The summed E-state index contributed by atoms with van der Waals surface area (Å²) >= 11 is 12.8. The van der Waals surface area contributed by atoms with Crippen LogP contribution in [0.15, 0.2) is 57.6 Å². The van der Waals surface area contributed by atoms with E-state index in [1.165, 1.54) is 18.3 Å². The molecular formula is C22H13Br2ClF3N5O3. The van der Waals surface area contributed by atoms with E-state index in [1.807, 2.05) is 0 Å². The van der Waals surface area contributed by atoms with E-state index in [0.717, 1.165) is 15.2 Å². The predicted molar refractivity (Wildman–Crippen MR) is 134 cm³/mol. The maximum absolute atomic E-state index is 13.0. The number of aromatic nitrogens is 3. The maximum Gasteiger partial charge on any atom is 0.422 e. The SMILES string of the molecule is NC(=O)c1cc2cc(Br)ccc2c(Br)c1-n1nc(C(=O)Nc2ncccc2Cl)cc1OCC(F)(F)F. The number of carbonyl (C=O) groups is 2. The smallest absolute Gasteiger partial charge is 0.422 e. The molecular weight excluding hydrogens is 635 g/mol. The molecule has 0 atom stereocenters. The number of amides is 2. The van der Waals surface area contributed by atoms with Crippen LogP contribution in [0.25, 0.3) is 16.5 Å². The summed E-state index contributed by atoms with van der Waals surface area (Å²) in [4.78, 5) is 29.1. The summed E-state index contributed by atoms with van der Waals surface area (Å²) in [6.45, 7) is -1.67. The van der Waals surface area contributed by atoms with E-state index < -0.39 is 30.5 Å². The molecule has 3 N–H and O–H groups in total. The van der Waals surface area contributed by atoms with Gasteiger partial charge in [-0.1, -0.05) is 33.6 Å². The minimum atomic E-state index is -4.68. The number of hydrogen-bond donors (Lipinski definition) is 2. The molecule has 4 rings (SSSR count). The van der Waals surface area contributed by atoms with E-state index in [2.05, 4.69) is 47.3 Å². The number of nitrogens with zero attached hydrogens (tertiary/aromatic N) is 3. The lowest BCUT2D eigenvalue weighted by Gasteiger charge is -2.16. The van der Waals surface area contributed by atoms with Crippen LogP contribution in [0.2, 0.25) is 5.02 Å². The zero-order valence-corrected chi connectivity index (χ0v) is 21.7. The van der Waals surface area contributed by atoms with E-state index in [1.54, 1.807) is 24.3 Å². The minimum absolute atomic E-state index is 0.00980. The highest BCUT2D eigenvalue weighted by Gasteiger charge is 2.31. The van der Waals surface area contributed by atoms with Crippen molar-refractivity contribution in [3.05, 3.63) is 73.9 Å². The number of alkyl halides is 3. The quantitative estimate of drug-likeness (QED) is 0.271. The lowest BCUT2D eigenvalue weighted by atomic mass is 10.0. The van der Waals surface area contributed by atoms with Crippen LogP contribution in [0.5, 0.6) is 5.88 Å². The summed E-state index contributed by atoms with van der Waals surface area (Å²) in [6.07, 6.45) is -3.29. The number of ether oxygens (including phenoxy) is 1. The van der Waals surface area contributed by atoms with Crippen LogP contribution in [0.1, 0.15) is 20.8 Å². The van der Waals surface area contributed by atoms with E-state index in [0.29, 0.717) is 15.2 Å². The van der Waals surface area contributed by atoms with Gasteiger partial charge in [0.25, 0.3) is 11.8 Å². The Morgan fingerprint density at radius 3 is 2.58 bits per heavy atom. The van der Waals surface area contributed by atoms with E-state index in [9.17, 15) is 22.8 Å². The minimum Gasteiger partial charge on any atom is -0.468 e. The van der Waals surface area contributed by atoms with Crippen LogP contribution < -0.4 is 15.8 Å². The number of benzene rings is 2. The number of anilines is 1. The van der Waals surface area contributed by atoms with Gasteiger partial charge in [-0.3, -0.25) is 9.59 Å². The Labute approximate surface area is 222 Å². The normalized spacial score (nSPS) is 11.5. The lowest BCUT2D eigenvalue weighted by molar-refractivity contribution is -0.154. The molecule has 0 spiro atoms. The van der Waals surface area contributed by atoms with Gasteiger partial charge in [-0.15, -0.1) is 0 Å². The zero-order chi connectivity index (χ0) is 26.2. The van der Waals surface area contributed by atoms with Gasteiger partial charge in [0, 0.05) is 16.7 Å². The number of nitrogens with two attached hydrogens (primary N) is 1. The molecule has 2 aromatic heterocycles. The van der Waals surface area contributed by atoms with E-state index >= 15 is 0 Å². The summed E-state index contributed by atoms with van der Waals surface area (Å²) in [5.41, 5.74) is 5.18. The van der Waals surface area contributed by atoms with Gasteiger partial charge in [-0.25, -0.2) is 4.98 Å². The van der Waals surface area contributed by atoms with Crippen molar-refractivity contribution in [2.24, 2.45) is 5.73 Å². The third kappa shape index (κ3) is 5.47. The van der Waals surface area contributed by atoms with E-state index in [4.69, 9.17) is 22.1 Å². The lowest BCUT2D eigenvalue weighted by Crippen LogP contribution is -2.21. The van der Waals surface area contributed by atoms with E-state index in [-0.39, 0.29) is 27.8 Å². The largest absolute Gasteiger partial charge is 0.468 e. The van der Waals surface area contributed by atoms with Crippen LogP contribution in [-0.4, -0.2) is 39.4 Å². The van der Waals surface area contributed by atoms with Gasteiger partial charge in [0.1, 0.15) is 0 Å². The molecule has 8 nitrogen and oxygen atoms in total. The van der Waals surface area contributed by atoms with Crippen molar-refractivity contribution in [3.63, 3.8) is 0 Å². The zero-order valence-electron chi connectivity index (χ0n) is 17.7. The maximum atomic E-state index is 13.0. The first-order valence-electron chi connectivity index (χ1n) is 9.88. The number of rotatable bonds is 6. The molecule has 4 aromatic rings. The molecule has 0 fully saturated rings. The van der Waals surface area contributed by atoms with Crippen LogP contribution in [0.3, 0.4) is 0 Å². The van der Waals surface area contributed by atoms with Crippen molar-refractivity contribution < 1.29 is 27.5 Å². The summed E-state index contributed by atoms with van der Waals surface area (Å²) in [7, 11) is 0. The monoisotopic (exact) mass is 645 g/mol. The Morgan fingerprint density at radius 1 is 1.17 bits per heavy atom. The Balaban J connectivity index is 1.88. The second-order valence-electron chi connectivity index (χ2n) is 7.29. The summed E-state index contributed by atoms with van der Waals surface area (Å²) in [5.74, 6) is -2.14. The van der Waals surface area contributed by atoms with Gasteiger partial charge < -0.3 is 15.8 Å².